The van der Waals surface area contributed by atoms with Crippen LogP contribution >= 0.6 is 0 Å². The molecule has 0 unspecified atom stereocenters. The molecule has 10 nitrogen and oxygen atoms in total. The van der Waals surface area contributed by atoms with Gasteiger partial charge in [-0.05, 0) is 41.8 Å². The number of carbonyl (C=O) groups excluding carboxylic acids is 1. The molecular formula is C18H22N6O4. The molecule has 0 aliphatic rings. The SMILES string of the molecule is CCNC(=O)c1noc(-c2cc(C(C)C)c(O)cc2O)c1-c1nnnn1CC. The summed E-state index contributed by atoms with van der Waals surface area (Å²) in [7, 11) is 0. The second-order valence-electron chi connectivity index (χ2n) is 6.50. The minimum Gasteiger partial charge on any atom is -0.508 e. The van der Waals surface area contributed by atoms with E-state index in [1.54, 1.807) is 13.0 Å². The molecule has 0 radical (unpaired) electrons. The van der Waals surface area contributed by atoms with E-state index in [1.165, 1.54) is 10.7 Å². The van der Waals surface area contributed by atoms with E-state index in [9.17, 15) is 15.0 Å². The van der Waals surface area contributed by atoms with Crippen molar-refractivity contribution in [3.63, 3.8) is 0 Å². The number of hydrogen-bond donors (Lipinski definition) is 3. The van der Waals surface area contributed by atoms with Crippen LogP contribution < -0.4 is 5.32 Å². The van der Waals surface area contributed by atoms with Crippen LogP contribution in [0.4, 0.5) is 0 Å². The van der Waals surface area contributed by atoms with Crippen LogP contribution in [-0.2, 0) is 6.54 Å². The molecule has 3 aromatic rings. The van der Waals surface area contributed by atoms with Crippen molar-refractivity contribution in [2.75, 3.05) is 6.54 Å². The van der Waals surface area contributed by atoms with E-state index in [0.717, 1.165) is 0 Å². The van der Waals surface area contributed by atoms with Crippen LogP contribution in [0, 0.1) is 0 Å². The molecule has 3 N–H and O–H groups in total. The molecule has 0 atom stereocenters. The molecule has 0 fully saturated rings. The first-order valence-corrected chi connectivity index (χ1v) is 8.99. The summed E-state index contributed by atoms with van der Waals surface area (Å²) in [6.45, 7) is 8.33. The second kappa shape index (κ2) is 7.67. The van der Waals surface area contributed by atoms with Crippen molar-refractivity contribution >= 4 is 5.91 Å². The number of nitrogens with one attached hydrogen (secondary N) is 1. The van der Waals surface area contributed by atoms with E-state index in [0.29, 0.717) is 24.5 Å². The molecule has 28 heavy (non-hydrogen) atoms. The number of phenols is 2. The van der Waals surface area contributed by atoms with E-state index in [-0.39, 0.29) is 40.0 Å². The van der Waals surface area contributed by atoms with E-state index >= 15 is 0 Å². The van der Waals surface area contributed by atoms with E-state index < -0.39 is 5.91 Å². The minimum absolute atomic E-state index is 0.00505. The van der Waals surface area contributed by atoms with Gasteiger partial charge in [-0.1, -0.05) is 19.0 Å². The Morgan fingerprint density at radius 2 is 2.00 bits per heavy atom. The maximum atomic E-state index is 12.5. The highest BCUT2D eigenvalue weighted by Crippen LogP contribution is 2.42. The highest BCUT2D eigenvalue weighted by atomic mass is 16.5. The molecule has 2 heterocycles. The summed E-state index contributed by atoms with van der Waals surface area (Å²) in [4.78, 5) is 12.5. The lowest BCUT2D eigenvalue weighted by molar-refractivity contribution is 0.0947. The fourth-order valence-corrected chi connectivity index (χ4v) is 2.92. The third kappa shape index (κ3) is 3.28. The van der Waals surface area contributed by atoms with Crippen LogP contribution in [0.25, 0.3) is 22.7 Å². The number of hydrogen-bond acceptors (Lipinski definition) is 8. The third-order valence-corrected chi connectivity index (χ3v) is 4.31. The predicted molar refractivity (Wildman–Crippen MR) is 99.8 cm³/mol. The molecule has 2 aromatic heterocycles. The number of tetrazole rings is 1. The number of benzene rings is 1. The molecule has 10 heteroatoms. The van der Waals surface area contributed by atoms with Gasteiger partial charge in [-0.25, -0.2) is 4.68 Å². The van der Waals surface area contributed by atoms with Gasteiger partial charge in [0.05, 0.1) is 5.56 Å². The van der Waals surface area contributed by atoms with E-state index in [1.807, 2.05) is 20.8 Å². The van der Waals surface area contributed by atoms with Crippen molar-refractivity contribution < 1.29 is 19.5 Å². The first-order chi connectivity index (χ1) is 13.4. The molecule has 1 amide bonds. The maximum absolute atomic E-state index is 12.5. The van der Waals surface area contributed by atoms with E-state index in [2.05, 4.69) is 26.0 Å². The lowest BCUT2D eigenvalue weighted by atomic mass is 9.96. The number of phenolic OH excluding ortho intramolecular Hbond substituents is 2. The van der Waals surface area contributed by atoms with Crippen molar-refractivity contribution in [1.82, 2.24) is 30.7 Å². The maximum Gasteiger partial charge on any atom is 0.274 e. The zero-order valence-electron chi connectivity index (χ0n) is 16.1. The summed E-state index contributed by atoms with van der Waals surface area (Å²) in [6.07, 6.45) is 0. The van der Waals surface area contributed by atoms with Gasteiger partial charge < -0.3 is 20.1 Å². The highest BCUT2D eigenvalue weighted by molar-refractivity contribution is 6.01. The molecule has 3 rings (SSSR count). The number of nitrogens with zero attached hydrogens (tertiary/aromatic N) is 5. The topological polar surface area (TPSA) is 139 Å². The summed E-state index contributed by atoms with van der Waals surface area (Å²) in [5.41, 5.74) is 1.18. The van der Waals surface area contributed by atoms with Crippen molar-refractivity contribution in [3.05, 3.63) is 23.4 Å². The molecular weight excluding hydrogens is 364 g/mol. The lowest BCUT2D eigenvalue weighted by Gasteiger charge is -2.12. The Balaban J connectivity index is 2.28. The fraction of sp³-hybridized carbons (Fsp3) is 0.389. The molecule has 0 spiro atoms. The van der Waals surface area contributed by atoms with Crippen LogP contribution in [0.2, 0.25) is 0 Å². The third-order valence-electron chi connectivity index (χ3n) is 4.31. The van der Waals surface area contributed by atoms with E-state index in [4.69, 9.17) is 4.52 Å². The average Bonchev–Trinajstić information content (AvgIpc) is 3.27. The van der Waals surface area contributed by atoms with Crippen molar-refractivity contribution in [2.24, 2.45) is 0 Å². The van der Waals surface area contributed by atoms with Gasteiger partial charge in [-0.2, -0.15) is 0 Å². The Morgan fingerprint density at radius 1 is 1.25 bits per heavy atom. The monoisotopic (exact) mass is 386 g/mol. The standard InChI is InChI=1S/C18H22N6O4/c1-5-19-18(27)15-14(17-20-22-23-24(17)6-2)16(28-21-15)11-7-10(9(3)4)12(25)8-13(11)26/h7-9,25-26H,5-6H2,1-4H3,(H,19,27). The predicted octanol–water partition coefficient (Wildman–Crippen LogP) is 2.30. The highest BCUT2D eigenvalue weighted by Gasteiger charge is 2.30. The summed E-state index contributed by atoms with van der Waals surface area (Å²) in [5.74, 6) is -0.254. The zero-order chi connectivity index (χ0) is 20.4. The molecule has 0 saturated heterocycles. The average molecular weight is 386 g/mol. The molecule has 1 aromatic carbocycles. The molecule has 0 aliphatic heterocycles. The van der Waals surface area contributed by atoms with Gasteiger partial charge in [0.25, 0.3) is 5.91 Å². The number of aromatic hydroxyl groups is 2. The number of rotatable bonds is 6. The molecule has 148 valence electrons. The minimum atomic E-state index is -0.444. The van der Waals surface area contributed by atoms with Gasteiger partial charge in [0.2, 0.25) is 0 Å². The normalized spacial score (nSPS) is 11.2. The van der Waals surface area contributed by atoms with Crippen LogP contribution in [-0.4, -0.2) is 48.0 Å². The number of aromatic nitrogens is 5. The quantitative estimate of drug-likeness (QED) is 0.586. The summed E-state index contributed by atoms with van der Waals surface area (Å²) >= 11 is 0. The van der Waals surface area contributed by atoms with Gasteiger partial charge in [0.1, 0.15) is 17.1 Å². The smallest absolute Gasteiger partial charge is 0.274 e. The van der Waals surface area contributed by atoms with Gasteiger partial charge in [-0.3, -0.25) is 4.79 Å². The Morgan fingerprint density at radius 3 is 2.64 bits per heavy atom. The van der Waals surface area contributed by atoms with Crippen LogP contribution in [0.3, 0.4) is 0 Å². The van der Waals surface area contributed by atoms with Gasteiger partial charge in [0.15, 0.2) is 17.3 Å². The fourth-order valence-electron chi connectivity index (χ4n) is 2.92. The van der Waals surface area contributed by atoms with Crippen molar-refractivity contribution in [2.45, 2.75) is 40.2 Å². The molecule has 0 saturated carbocycles. The Kier molecular flexibility index (Phi) is 5.30. The van der Waals surface area contributed by atoms with Crippen molar-refractivity contribution in [3.8, 4) is 34.2 Å². The summed E-state index contributed by atoms with van der Waals surface area (Å²) in [6, 6.07) is 2.85. The number of amides is 1. The summed E-state index contributed by atoms with van der Waals surface area (Å²) < 4.78 is 6.97. The number of aryl methyl sites for hydroxylation is 1. The lowest BCUT2D eigenvalue weighted by Crippen LogP contribution is -2.23. The second-order valence-corrected chi connectivity index (χ2v) is 6.50. The van der Waals surface area contributed by atoms with Crippen LogP contribution in [0.1, 0.15) is 49.7 Å². The van der Waals surface area contributed by atoms with Crippen LogP contribution in [0.15, 0.2) is 16.7 Å². The van der Waals surface area contributed by atoms with Crippen molar-refractivity contribution in [1.29, 1.82) is 0 Å². The van der Waals surface area contributed by atoms with Gasteiger partial charge in [0, 0.05) is 19.2 Å². The largest absolute Gasteiger partial charge is 0.508 e. The zero-order valence-corrected chi connectivity index (χ0v) is 16.1. The molecule has 0 aliphatic carbocycles. The van der Waals surface area contributed by atoms with Crippen LogP contribution in [0.5, 0.6) is 11.5 Å². The first kappa shape index (κ1) is 19.3. The summed E-state index contributed by atoms with van der Waals surface area (Å²) in [5, 5.41) is 38.8. The first-order valence-electron chi connectivity index (χ1n) is 8.99. The molecule has 0 bridgehead atoms. The van der Waals surface area contributed by atoms with Gasteiger partial charge in [-0.15, -0.1) is 5.10 Å². The van der Waals surface area contributed by atoms with Gasteiger partial charge >= 0.3 is 0 Å². The Hall–Kier alpha value is -3.43. The number of carbonyl (C=O) groups is 1. The Labute approximate surface area is 161 Å². The Bertz CT molecular complexity index is 1010.